The minimum absolute atomic E-state index is 0.174. The second-order valence-electron chi connectivity index (χ2n) is 3.91. The number of hydrogen-bond donors (Lipinski definition) is 2. The van der Waals surface area contributed by atoms with E-state index in [2.05, 4.69) is 5.43 Å². The summed E-state index contributed by atoms with van der Waals surface area (Å²) in [6, 6.07) is 7.81. The molecule has 0 spiro atoms. The Morgan fingerprint density at radius 1 is 1.36 bits per heavy atom. The Kier molecular flexibility index (Phi) is 2.91. The predicted octanol–water partition coefficient (Wildman–Crippen LogP) is 1.26. The van der Waals surface area contributed by atoms with Crippen molar-refractivity contribution in [2.45, 2.75) is 26.2 Å². The zero-order chi connectivity index (χ0) is 10.8. The van der Waals surface area contributed by atoms with Gasteiger partial charge < -0.3 is 0 Å². The minimum atomic E-state index is -0.583. The molecule has 0 bridgehead atoms. The van der Waals surface area contributed by atoms with E-state index in [1.807, 2.05) is 45.0 Å². The SMILES string of the molecule is Cc1ccccc1C(C)(C)C(=O)NN. The van der Waals surface area contributed by atoms with Crippen LogP contribution < -0.4 is 11.3 Å². The number of nitrogens with two attached hydrogens (primary N) is 1. The van der Waals surface area contributed by atoms with Crippen LogP contribution in [-0.4, -0.2) is 5.91 Å². The number of carbonyl (C=O) groups excluding carboxylic acids is 1. The van der Waals surface area contributed by atoms with Crippen molar-refractivity contribution in [3.8, 4) is 0 Å². The van der Waals surface area contributed by atoms with Crippen LogP contribution in [0.25, 0.3) is 0 Å². The van der Waals surface area contributed by atoms with E-state index >= 15 is 0 Å². The number of hydrogen-bond acceptors (Lipinski definition) is 2. The highest BCUT2D eigenvalue weighted by atomic mass is 16.2. The molecule has 0 saturated heterocycles. The van der Waals surface area contributed by atoms with Crippen molar-refractivity contribution in [3.63, 3.8) is 0 Å². The lowest BCUT2D eigenvalue weighted by Gasteiger charge is -2.24. The van der Waals surface area contributed by atoms with Crippen LogP contribution in [0.4, 0.5) is 0 Å². The van der Waals surface area contributed by atoms with Crippen molar-refractivity contribution < 1.29 is 4.79 Å². The van der Waals surface area contributed by atoms with E-state index in [0.717, 1.165) is 11.1 Å². The van der Waals surface area contributed by atoms with Gasteiger partial charge in [0, 0.05) is 0 Å². The number of amides is 1. The van der Waals surface area contributed by atoms with Gasteiger partial charge in [-0.3, -0.25) is 10.2 Å². The molecule has 3 nitrogen and oxygen atoms in total. The maximum absolute atomic E-state index is 11.6. The van der Waals surface area contributed by atoms with Crippen molar-refractivity contribution in [3.05, 3.63) is 35.4 Å². The highest BCUT2D eigenvalue weighted by Gasteiger charge is 2.30. The van der Waals surface area contributed by atoms with E-state index in [0.29, 0.717) is 0 Å². The summed E-state index contributed by atoms with van der Waals surface area (Å²) in [5.41, 5.74) is 3.71. The van der Waals surface area contributed by atoms with E-state index in [1.165, 1.54) is 0 Å². The second-order valence-corrected chi connectivity index (χ2v) is 3.91. The third-order valence-electron chi connectivity index (χ3n) is 2.52. The number of aryl methyl sites for hydroxylation is 1. The lowest BCUT2D eigenvalue weighted by molar-refractivity contribution is -0.125. The first-order valence-electron chi connectivity index (χ1n) is 4.57. The van der Waals surface area contributed by atoms with Crippen LogP contribution in [-0.2, 0) is 10.2 Å². The summed E-state index contributed by atoms with van der Waals surface area (Å²) in [7, 11) is 0. The molecule has 1 aromatic rings. The predicted molar refractivity (Wildman–Crippen MR) is 56.5 cm³/mol. The van der Waals surface area contributed by atoms with Gasteiger partial charge in [-0.2, -0.15) is 0 Å². The van der Waals surface area contributed by atoms with Gasteiger partial charge in [-0.25, -0.2) is 5.84 Å². The molecule has 3 heteroatoms. The standard InChI is InChI=1S/C11H16N2O/c1-8-6-4-5-7-9(8)11(2,3)10(14)13-12/h4-7H,12H2,1-3H3,(H,13,14). The molecule has 0 atom stereocenters. The molecular weight excluding hydrogens is 176 g/mol. The fraction of sp³-hybridized carbons (Fsp3) is 0.364. The van der Waals surface area contributed by atoms with Crippen LogP contribution >= 0.6 is 0 Å². The average Bonchev–Trinajstić information content (AvgIpc) is 2.17. The smallest absolute Gasteiger partial charge is 0.243 e. The summed E-state index contributed by atoms with van der Waals surface area (Å²) in [6.45, 7) is 5.70. The number of carbonyl (C=O) groups is 1. The van der Waals surface area contributed by atoms with Gasteiger partial charge in [0.25, 0.3) is 0 Å². The molecule has 1 aromatic carbocycles. The van der Waals surface area contributed by atoms with Crippen LogP contribution in [0.3, 0.4) is 0 Å². The lowest BCUT2D eigenvalue weighted by Crippen LogP contribution is -2.43. The molecule has 0 saturated carbocycles. The van der Waals surface area contributed by atoms with Crippen molar-refractivity contribution in [1.82, 2.24) is 5.43 Å². The number of hydrazine groups is 1. The van der Waals surface area contributed by atoms with Crippen LogP contribution in [0.2, 0.25) is 0 Å². The van der Waals surface area contributed by atoms with Crippen molar-refractivity contribution in [2.24, 2.45) is 5.84 Å². The zero-order valence-corrected chi connectivity index (χ0v) is 8.79. The Bertz CT molecular complexity index is 345. The van der Waals surface area contributed by atoms with Gasteiger partial charge in [0.2, 0.25) is 5.91 Å². The quantitative estimate of drug-likeness (QED) is 0.421. The Balaban J connectivity index is 3.16. The third kappa shape index (κ3) is 1.77. The summed E-state index contributed by atoms with van der Waals surface area (Å²) in [5, 5.41) is 0. The Morgan fingerprint density at radius 3 is 2.43 bits per heavy atom. The number of nitrogens with one attached hydrogen (secondary N) is 1. The molecule has 0 aliphatic rings. The summed E-state index contributed by atoms with van der Waals surface area (Å²) in [6.07, 6.45) is 0. The highest BCUT2D eigenvalue weighted by molar-refractivity contribution is 5.87. The van der Waals surface area contributed by atoms with Gasteiger partial charge >= 0.3 is 0 Å². The maximum atomic E-state index is 11.6. The normalized spacial score (nSPS) is 11.1. The first-order valence-corrected chi connectivity index (χ1v) is 4.57. The van der Waals surface area contributed by atoms with Crippen LogP contribution in [0.1, 0.15) is 25.0 Å². The lowest BCUT2D eigenvalue weighted by atomic mass is 9.81. The first kappa shape index (κ1) is 10.7. The van der Waals surface area contributed by atoms with E-state index in [1.54, 1.807) is 0 Å². The molecular formula is C11H16N2O. The fourth-order valence-electron chi connectivity index (χ4n) is 1.58. The van der Waals surface area contributed by atoms with Gasteiger partial charge in [0.1, 0.15) is 0 Å². The molecule has 0 aliphatic carbocycles. The molecule has 0 radical (unpaired) electrons. The summed E-state index contributed by atoms with van der Waals surface area (Å²) in [5.74, 6) is 4.97. The van der Waals surface area contributed by atoms with Gasteiger partial charge in [-0.1, -0.05) is 24.3 Å². The molecule has 0 aromatic heterocycles. The Hall–Kier alpha value is -1.35. The average molecular weight is 192 g/mol. The fourth-order valence-corrected chi connectivity index (χ4v) is 1.58. The van der Waals surface area contributed by atoms with Gasteiger partial charge in [0.15, 0.2) is 0 Å². The van der Waals surface area contributed by atoms with E-state index in [-0.39, 0.29) is 5.91 Å². The Labute approximate surface area is 84.3 Å². The summed E-state index contributed by atoms with van der Waals surface area (Å²) >= 11 is 0. The maximum Gasteiger partial charge on any atom is 0.243 e. The van der Waals surface area contributed by atoms with Crippen molar-refractivity contribution in [1.29, 1.82) is 0 Å². The minimum Gasteiger partial charge on any atom is -0.294 e. The van der Waals surface area contributed by atoms with Crippen LogP contribution in [0, 0.1) is 6.92 Å². The number of rotatable bonds is 2. The van der Waals surface area contributed by atoms with Gasteiger partial charge in [0.05, 0.1) is 5.41 Å². The second kappa shape index (κ2) is 3.80. The molecule has 0 unspecified atom stereocenters. The summed E-state index contributed by atoms with van der Waals surface area (Å²) < 4.78 is 0. The highest BCUT2D eigenvalue weighted by Crippen LogP contribution is 2.25. The van der Waals surface area contributed by atoms with Crippen LogP contribution in [0.5, 0.6) is 0 Å². The van der Waals surface area contributed by atoms with Gasteiger partial charge in [-0.05, 0) is 31.9 Å². The molecule has 3 N–H and O–H groups in total. The molecule has 1 rings (SSSR count). The molecule has 76 valence electrons. The van der Waals surface area contributed by atoms with E-state index in [9.17, 15) is 4.79 Å². The van der Waals surface area contributed by atoms with Crippen molar-refractivity contribution in [2.75, 3.05) is 0 Å². The first-order chi connectivity index (χ1) is 6.50. The molecule has 0 heterocycles. The molecule has 1 amide bonds. The Morgan fingerprint density at radius 2 is 1.93 bits per heavy atom. The number of benzene rings is 1. The molecule has 0 fully saturated rings. The van der Waals surface area contributed by atoms with E-state index < -0.39 is 5.41 Å². The molecule has 14 heavy (non-hydrogen) atoms. The van der Waals surface area contributed by atoms with E-state index in [4.69, 9.17) is 5.84 Å². The monoisotopic (exact) mass is 192 g/mol. The molecule has 0 aliphatic heterocycles. The zero-order valence-electron chi connectivity index (χ0n) is 8.79. The van der Waals surface area contributed by atoms with Crippen molar-refractivity contribution >= 4 is 5.91 Å². The topological polar surface area (TPSA) is 55.1 Å². The summed E-state index contributed by atoms with van der Waals surface area (Å²) in [4.78, 5) is 11.6. The third-order valence-corrected chi connectivity index (χ3v) is 2.52. The largest absolute Gasteiger partial charge is 0.294 e. The van der Waals surface area contributed by atoms with Crippen LogP contribution in [0.15, 0.2) is 24.3 Å². The van der Waals surface area contributed by atoms with Gasteiger partial charge in [-0.15, -0.1) is 0 Å².